The van der Waals surface area contributed by atoms with E-state index in [-0.39, 0.29) is 30.3 Å². The molecule has 262 valence electrons. The molecule has 0 radical (unpaired) electrons. The number of likely N-dealkylation sites (tertiary alicyclic amines) is 1. The van der Waals surface area contributed by atoms with Crippen molar-refractivity contribution in [2.75, 3.05) is 63.9 Å². The van der Waals surface area contributed by atoms with E-state index in [1.54, 1.807) is 17.4 Å². The van der Waals surface area contributed by atoms with Crippen LogP contribution in [0.1, 0.15) is 61.6 Å². The maximum absolute atomic E-state index is 14.2. The van der Waals surface area contributed by atoms with Crippen LogP contribution in [0.2, 0.25) is 5.02 Å². The number of halogens is 1. The summed E-state index contributed by atoms with van der Waals surface area (Å²) in [5.41, 5.74) is 9.84. The smallest absolute Gasteiger partial charge is 0.322 e. The summed E-state index contributed by atoms with van der Waals surface area (Å²) in [7, 11) is 2.27. The number of rotatable bonds is 7. The van der Waals surface area contributed by atoms with Crippen molar-refractivity contribution in [2.45, 2.75) is 82.0 Å². The van der Waals surface area contributed by atoms with Gasteiger partial charge < -0.3 is 30.7 Å². The highest BCUT2D eigenvalue weighted by Crippen LogP contribution is 2.37. The average molecular weight is 706 g/mol. The molecule has 1 aromatic carbocycles. The van der Waals surface area contributed by atoms with E-state index in [0.717, 1.165) is 30.8 Å². The predicted octanol–water partition coefficient (Wildman–Crippen LogP) is 4.36. The topological polar surface area (TPSA) is 105 Å². The number of hydrogen-bond acceptors (Lipinski definition) is 7. The average Bonchev–Trinajstić information content (AvgIpc) is 3.56. The quantitative estimate of drug-likeness (QED) is 0.328. The first-order chi connectivity index (χ1) is 23.7. The highest BCUT2D eigenvalue weighted by atomic mass is 35.5. The number of fused-ring (bicyclic) bond motifs is 3. The molecular weight excluding hydrogens is 658 g/mol. The minimum atomic E-state index is -0.545. The second-order valence-corrected chi connectivity index (χ2v) is 15.8. The van der Waals surface area contributed by atoms with E-state index in [2.05, 4.69) is 33.5 Å². The van der Waals surface area contributed by atoms with E-state index in [4.69, 9.17) is 23.8 Å². The summed E-state index contributed by atoms with van der Waals surface area (Å²) >= 11 is 8.05. The molecule has 4 fully saturated rings. The summed E-state index contributed by atoms with van der Waals surface area (Å²) in [4.78, 5) is 52.1. The monoisotopic (exact) mass is 705 g/mol. The number of nitrogens with two attached hydrogens (primary N) is 1. The number of piperidine rings is 2. The Bertz CT molecular complexity index is 1600. The van der Waals surface area contributed by atoms with Gasteiger partial charge in [0.2, 0.25) is 11.8 Å². The zero-order valence-electron chi connectivity index (χ0n) is 28.4. The Labute approximate surface area is 298 Å². The Hall–Kier alpha value is -3.30. The van der Waals surface area contributed by atoms with Crippen LogP contribution in [0.3, 0.4) is 0 Å². The van der Waals surface area contributed by atoms with E-state index in [1.165, 1.54) is 31.2 Å². The second-order valence-electron chi connectivity index (χ2n) is 14.6. The lowest BCUT2D eigenvalue weighted by Gasteiger charge is -2.45. The maximum atomic E-state index is 14.2. The van der Waals surface area contributed by atoms with E-state index in [0.29, 0.717) is 86.4 Å². The lowest BCUT2D eigenvalue weighted by atomic mass is 9.91. The number of urea groups is 1. The fraction of sp³-hybridized carbons (Fsp3) is 0.595. The highest BCUT2D eigenvalue weighted by molar-refractivity contribution is 7.08. The van der Waals surface area contributed by atoms with Crippen LogP contribution in [0.4, 0.5) is 16.2 Å². The number of hydrogen-bond donors (Lipinski definition) is 2. The van der Waals surface area contributed by atoms with Gasteiger partial charge in [0.05, 0.1) is 22.3 Å². The van der Waals surface area contributed by atoms with Crippen LogP contribution in [-0.2, 0) is 22.4 Å². The van der Waals surface area contributed by atoms with Crippen molar-refractivity contribution in [1.82, 2.24) is 24.5 Å². The van der Waals surface area contributed by atoms with Gasteiger partial charge in [0, 0.05) is 87.3 Å². The fourth-order valence-electron chi connectivity index (χ4n) is 8.96. The van der Waals surface area contributed by atoms with Gasteiger partial charge in [-0.15, -0.1) is 17.8 Å². The van der Waals surface area contributed by atoms with Gasteiger partial charge in [0.15, 0.2) is 0 Å². The first-order valence-electron chi connectivity index (χ1n) is 17.9. The minimum absolute atomic E-state index is 0.00935. The third-order valence-corrected chi connectivity index (χ3v) is 13.0. The van der Waals surface area contributed by atoms with Crippen LogP contribution >= 0.6 is 22.9 Å². The molecule has 1 aromatic heterocycles. The van der Waals surface area contributed by atoms with Crippen molar-refractivity contribution in [3.05, 3.63) is 44.6 Å². The van der Waals surface area contributed by atoms with Gasteiger partial charge in [-0.05, 0) is 87.1 Å². The van der Waals surface area contributed by atoms with Crippen molar-refractivity contribution in [1.29, 1.82) is 0 Å². The molecule has 0 spiro atoms. The SMILES string of the molecule is C#Cc1cc(C[C@@H](CC(=O)N2CCC(N3CCc4cscc4NC3=O)CC2)C(=O)N2CCN(C3CC4CCC(C3)N4C)CC2)cc(Cl)c1N. The summed E-state index contributed by atoms with van der Waals surface area (Å²) < 4.78 is 0. The van der Waals surface area contributed by atoms with Crippen molar-refractivity contribution in [2.24, 2.45) is 5.92 Å². The number of nitrogens with one attached hydrogen (secondary N) is 1. The summed E-state index contributed by atoms with van der Waals surface area (Å²) in [5.74, 6) is 2.04. The Morgan fingerprint density at radius 2 is 1.69 bits per heavy atom. The van der Waals surface area contributed by atoms with Crippen LogP contribution in [0.25, 0.3) is 0 Å². The first-order valence-corrected chi connectivity index (χ1v) is 19.2. The van der Waals surface area contributed by atoms with Crippen LogP contribution in [-0.4, -0.2) is 119 Å². The van der Waals surface area contributed by atoms with Gasteiger partial charge in [0.25, 0.3) is 0 Å². The molecule has 4 amide bonds. The normalized spacial score (nSPS) is 25.8. The Morgan fingerprint density at radius 3 is 2.39 bits per heavy atom. The number of nitrogens with zero attached hydrogens (tertiary/aromatic N) is 5. The van der Waals surface area contributed by atoms with Crippen molar-refractivity contribution in [3.8, 4) is 12.3 Å². The van der Waals surface area contributed by atoms with Crippen LogP contribution in [0, 0.1) is 18.3 Å². The van der Waals surface area contributed by atoms with E-state index in [9.17, 15) is 14.4 Å². The first kappa shape index (κ1) is 34.2. The summed E-state index contributed by atoms with van der Waals surface area (Å²) in [5, 5.41) is 7.51. The number of carbonyl (C=O) groups excluding carboxylic acids is 3. The number of amides is 4. The van der Waals surface area contributed by atoms with Crippen LogP contribution in [0.15, 0.2) is 22.9 Å². The summed E-state index contributed by atoms with van der Waals surface area (Å²) in [6, 6.07) is 5.53. The zero-order valence-corrected chi connectivity index (χ0v) is 30.0. The molecule has 0 aliphatic carbocycles. The second kappa shape index (κ2) is 14.5. The third-order valence-electron chi connectivity index (χ3n) is 11.9. The molecular formula is C37H48ClN7O3S. The molecule has 3 atom stereocenters. The summed E-state index contributed by atoms with van der Waals surface area (Å²) in [6.45, 7) is 4.84. The largest absolute Gasteiger partial charge is 0.397 e. The van der Waals surface area contributed by atoms with Gasteiger partial charge in [0.1, 0.15) is 0 Å². The minimum Gasteiger partial charge on any atom is -0.397 e. The maximum Gasteiger partial charge on any atom is 0.322 e. The number of anilines is 2. The fourth-order valence-corrected chi connectivity index (χ4v) is 10.0. The van der Waals surface area contributed by atoms with Crippen LogP contribution in [0.5, 0.6) is 0 Å². The number of piperazine rings is 1. The molecule has 49 heavy (non-hydrogen) atoms. The van der Waals surface area contributed by atoms with Crippen molar-refractivity contribution < 1.29 is 14.4 Å². The van der Waals surface area contributed by atoms with E-state index < -0.39 is 5.92 Å². The lowest BCUT2D eigenvalue weighted by Crippen LogP contribution is -2.56. The molecule has 6 heterocycles. The molecule has 3 N–H and O–H groups in total. The van der Waals surface area contributed by atoms with Crippen molar-refractivity contribution in [3.63, 3.8) is 0 Å². The molecule has 2 unspecified atom stereocenters. The molecule has 2 bridgehead atoms. The lowest BCUT2D eigenvalue weighted by molar-refractivity contribution is -0.143. The molecule has 0 saturated carbocycles. The number of carbonyl (C=O) groups is 3. The standard InChI is InChI=1S/C37H48ClN7O3S/c1-3-25-16-24(18-32(38)35(25)39)17-27(36(47)44-14-12-42(13-15-44)31-20-29-4-5-30(21-31)41(29)2)19-34(46)43-9-7-28(8-10-43)45-11-6-26-22-49-23-33(26)40-37(45)48/h1,16,18,22-23,27-31H,4-15,17,19-21,39H2,2H3,(H,40,48)/t27-,29?,30?,31?/m0/s1. The molecule has 10 nitrogen and oxygen atoms in total. The van der Waals surface area contributed by atoms with Crippen LogP contribution < -0.4 is 11.1 Å². The Morgan fingerprint density at radius 1 is 0.980 bits per heavy atom. The number of terminal acetylenes is 1. The molecule has 5 aliphatic rings. The van der Waals surface area contributed by atoms with Gasteiger partial charge in [-0.2, -0.15) is 0 Å². The van der Waals surface area contributed by atoms with Gasteiger partial charge in [-0.25, -0.2) is 4.79 Å². The van der Waals surface area contributed by atoms with Gasteiger partial charge >= 0.3 is 6.03 Å². The van der Waals surface area contributed by atoms with E-state index in [1.807, 2.05) is 26.1 Å². The molecule has 5 aliphatic heterocycles. The molecule has 4 saturated heterocycles. The van der Waals surface area contributed by atoms with Crippen molar-refractivity contribution >= 4 is 52.2 Å². The van der Waals surface area contributed by atoms with Gasteiger partial charge in [-0.3, -0.25) is 14.5 Å². The van der Waals surface area contributed by atoms with E-state index >= 15 is 0 Å². The highest BCUT2D eigenvalue weighted by Gasteiger charge is 2.42. The Balaban J connectivity index is 0.993. The zero-order chi connectivity index (χ0) is 34.2. The molecule has 12 heteroatoms. The number of benzene rings is 1. The summed E-state index contributed by atoms with van der Waals surface area (Å²) in [6.07, 6.45) is 13.4. The molecule has 7 rings (SSSR count). The third kappa shape index (κ3) is 7.16. The molecule has 2 aromatic rings. The Kier molecular flexibility index (Phi) is 10.1. The predicted molar refractivity (Wildman–Crippen MR) is 195 cm³/mol. The number of thiophene rings is 1. The number of nitrogen functional groups attached to an aromatic ring is 1. The van der Waals surface area contributed by atoms with Gasteiger partial charge in [-0.1, -0.05) is 17.5 Å².